The number of imide groups is 1. The highest BCUT2D eigenvalue weighted by atomic mass is 32.1. The molecule has 1 aliphatic carbocycles. The van der Waals surface area contributed by atoms with Crippen molar-refractivity contribution in [2.24, 2.45) is 0 Å². The highest BCUT2D eigenvalue weighted by Gasteiger charge is 2.47. The van der Waals surface area contributed by atoms with Gasteiger partial charge in [0.05, 0.1) is 0 Å². The zero-order chi connectivity index (χ0) is 12.6. The van der Waals surface area contributed by atoms with E-state index in [0.717, 1.165) is 25.7 Å². The third kappa shape index (κ3) is 2.44. The van der Waals surface area contributed by atoms with Gasteiger partial charge in [0.2, 0.25) is 0 Å². The molecule has 0 aromatic rings. The molecular formula is C12H20N2O2S. The fourth-order valence-corrected chi connectivity index (χ4v) is 2.83. The van der Waals surface area contributed by atoms with Crippen LogP contribution in [0.1, 0.15) is 46.0 Å². The summed E-state index contributed by atoms with van der Waals surface area (Å²) in [4.78, 5) is 25.6. The Balaban J connectivity index is 2.13. The van der Waals surface area contributed by atoms with Gasteiger partial charge in [-0.15, -0.1) is 0 Å². The Kier molecular flexibility index (Phi) is 3.39. The fraction of sp³-hybridized carbons (Fsp3) is 0.833. The summed E-state index contributed by atoms with van der Waals surface area (Å²) in [5.74, 6) is -0.109. The van der Waals surface area contributed by atoms with Crippen molar-refractivity contribution in [2.45, 2.75) is 62.8 Å². The van der Waals surface area contributed by atoms with Crippen molar-refractivity contribution < 1.29 is 9.59 Å². The van der Waals surface area contributed by atoms with Crippen LogP contribution in [-0.4, -0.2) is 33.7 Å². The molecule has 3 amide bonds. The first-order chi connectivity index (χ1) is 7.91. The maximum Gasteiger partial charge on any atom is 0.325 e. The van der Waals surface area contributed by atoms with Crippen molar-refractivity contribution in [3.05, 3.63) is 0 Å². The van der Waals surface area contributed by atoms with E-state index in [0.29, 0.717) is 0 Å². The molecule has 0 radical (unpaired) electrons. The molecule has 1 aliphatic heterocycles. The number of nitrogens with one attached hydrogen (secondary N) is 1. The van der Waals surface area contributed by atoms with Crippen molar-refractivity contribution in [3.8, 4) is 0 Å². The van der Waals surface area contributed by atoms with Crippen LogP contribution in [0.25, 0.3) is 0 Å². The van der Waals surface area contributed by atoms with Gasteiger partial charge < -0.3 is 5.32 Å². The summed E-state index contributed by atoms with van der Waals surface area (Å²) >= 11 is 4.39. The van der Waals surface area contributed by atoms with Gasteiger partial charge in [-0.05, 0) is 26.7 Å². The molecule has 1 N–H and O–H groups in total. The van der Waals surface area contributed by atoms with Gasteiger partial charge in [0.1, 0.15) is 6.04 Å². The molecule has 0 spiro atoms. The summed E-state index contributed by atoms with van der Waals surface area (Å²) < 4.78 is -0.518. The van der Waals surface area contributed by atoms with Crippen LogP contribution in [0.4, 0.5) is 4.79 Å². The zero-order valence-electron chi connectivity index (χ0n) is 10.4. The van der Waals surface area contributed by atoms with E-state index in [-0.39, 0.29) is 18.0 Å². The van der Waals surface area contributed by atoms with Gasteiger partial charge in [0.15, 0.2) is 0 Å². The highest BCUT2D eigenvalue weighted by Crippen LogP contribution is 2.29. The zero-order valence-corrected chi connectivity index (χ0v) is 11.3. The highest BCUT2D eigenvalue weighted by molar-refractivity contribution is 7.81. The number of carbonyl (C=O) groups is 2. The molecule has 4 nitrogen and oxygen atoms in total. The van der Waals surface area contributed by atoms with Crippen LogP contribution in [0.15, 0.2) is 0 Å². The van der Waals surface area contributed by atoms with E-state index in [9.17, 15) is 9.59 Å². The molecule has 0 aromatic carbocycles. The third-order valence-electron chi connectivity index (χ3n) is 3.62. The number of carbonyl (C=O) groups excluding carboxylic acids is 2. The number of hydrogen-bond acceptors (Lipinski definition) is 3. The van der Waals surface area contributed by atoms with Crippen molar-refractivity contribution in [2.75, 3.05) is 0 Å². The summed E-state index contributed by atoms with van der Waals surface area (Å²) in [5, 5.41) is 2.75. The lowest BCUT2D eigenvalue weighted by Crippen LogP contribution is -2.46. The van der Waals surface area contributed by atoms with E-state index in [1.165, 1.54) is 11.3 Å². The predicted octanol–water partition coefficient (Wildman–Crippen LogP) is 1.95. The fourth-order valence-electron chi connectivity index (χ4n) is 2.66. The van der Waals surface area contributed by atoms with E-state index >= 15 is 0 Å². The monoisotopic (exact) mass is 256 g/mol. The minimum atomic E-state index is -0.518. The Hall–Kier alpha value is -0.710. The lowest BCUT2D eigenvalue weighted by Gasteiger charge is -2.29. The maximum atomic E-state index is 12.3. The molecule has 96 valence electrons. The smallest absolute Gasteiger partial charge is 0.324 e. The van der Waals surface area contributed by atoms with Gasteiger partial charge in [-0.3, -0.25) is 9.69 Å². The molecule has 1 heterocycles. The van der Waals surface area contributed by atoms with E-state index < -0.39 is 10.8 Å². The summed E-state index contributed by atoms with van der Waals surface area (Å²) in [6.07, 6.45) is 5.31. The maximum absolute atomic E-state index is 12.3. The van der Waals surface area contributed by atoms with Crippen molar-refractivity contribution in [1.29, 1.82) is 0 Å². The van der Waals surface area contributed by atoms with Crippen LogP contribution in [0.2, 0.25) is 0 Å². The van der Waals surface area contributed by atoms with Crippen LogP contribution in [-0.2, 0) is 4.79 Å². The topological polar surface area (TPSA) is 49.4 Å². The largest absolute Gasteiger partial charge is 0.325 e. The minimum Gasteiger partial charge on any atom is -0.324 e. The Morgan fingerprint density at radius 3 is 2.29 bits per heavy atom. The summed E-state index contributed by atoms with van der Waals surface area (Å²) in [5.41, 5.74) is 0. The molecule has 1 saturated carbocycles. The minimum absolute atomic E-state index is 0.0944. The van der Waals surface area contributed by atoms with Gasteiger partial charge in [0.25, 0.3) is 5.91 Å². The number of rotatable bonds is 2. The Morgan fingerprint density at radius 2 is 1.82 bits per heavy atom. The van der Waals surface area contributed by atoms with Crippen molar-refractivity contribution in [1.82, 2.24) is 10.2 Å². The van der Waals surface area contributed by atoms with Gasteiger partial charge in [0, 0.05) is 10.8 Å². The molecule has 1 atom stereocenters. The lowest BCUT2D eigenvalue weighted by atomic mass is 9.94. The Labute approximate surface area is 108 Å². The van der Waals surface area contributed by atoms with Crippen molar-refractivity contribution >= 4 is 24.6 Å². The summed E-state index contributed by atoms with van der Waals surface area (Å²) in [6, 6.07) is -0.647. The number of hydrogen-bond donors (Lipinski definition) is 2. The second kappa shape index (κ2) is 4.52. The second-order valence-electron chi connectivity index (χ2n) is 5.54. The lowest BCUT2D eigenvalue weighted by molar-refractivity contribution is -0.129. The molecular weight excluding hydrogens is 236 g/mol. The summed E-state index contributed by atoms with van der Waals surface area (Å²) in [6.45, 7) is 3.70. The molecule has 5 heteroatoms. The van der Waals surface area contributed by atoms with Crippen molar-refractivity contribution in [3.63, 3.8) is 0 Å². The van der Waals surface area contributed by atoms with Crippen LogP contribution in [0, 0.1) is 0 Å². The van der Waals surface area contributed by atoms with E-state index in [4.69, 9.17) is 0 Å². The predicted molar refractivity (Wildman–Crippen MR) is 69.1 cm³/mol. The summed E-state index contributed by atoms with van der Waals surface area (Å²) in [7, 11) is 0. The van der Waals surface area contributed by atoms with Crippen LogP contribution in [0.5, 0.6) is 0 Å². The molecule has 2 aliphatic rings. The molecule has 1 saturated heterocycles. The van der Waals surface area contributed by atoms with Gasteiger partial charge in [-0.25, -0.2) is 4.79 Å². The number of amides is 3. The van der Waals surface area contributed by atoms with E-state index in [1.54, 1.807) is 0 Å². The molecule has 2 rings (SSSR count). The quantitative estimate of drug-likeness (QED) is 0.586. The standard InChI is InChI=1S/C12H20N2O2S/c1-12(2,17)9-10(15)14(11(16)13-9)8-6-4-3-5-7-8/h8-9,17H,3-7H2,1-2H3,(H,13,16). The number of nitrogens with zero attached hydrogens (tertiary/aromatic N) is 1. The van der Waals surface area contributed by atoms with E-state index in [1.807, 2.05) is 13.8 Å². The molecule has 0 bridgehead atoms. The van der Waals surface area contributed by atoms with Crippen LogP contribution in [0.3, 0.4) is 0 Å². The van der Waals surface area contributed by atoms with E-state index in [2.05, 4.69) is 17.9 Å². The Morgan fingerprint density at radius 1 is 1.24 bits per heavy atom. The number of urea groups is 1. The SMILES string of the molecule is CC(C)(S)C1NC(=O)N(C2CCCCC2)C1=O. The van der Waals surface area contributed by atoms with Crippen LogP contribution < -0.4 is 5.32 Å². The first-order valence-corrected chi connectivity index (χ1v) is 6.72. The second-order valence-corrected chi connectivity index (χ2v) is 6.69. The van der Waals surface area contributed by atoms with Gasteiger partial charge >= 0.3 is 6.03 Å². The average Bonchev–Trinajstić information content (AvgIpc) is 2.55. The first-order valence-electron chi connectivity index (χ1n) is 6.27. The molecule has 0 aromatic heterocycles. The number of thiol groups is 1. The Bertz CT molecular complexity index is 332. The third-order valence-corrected chi connectivity index (χ3v) is 3.88. The van der Waals surface area contributed by atoms with Gasteiger partial charge in [-0.2, -0.15) is 12.6 Å². The first kappa shape index (κ1) is 12.7. The normalized spacial score (nSPS) is 27.5. The molecule has 1 unspecified atom stereocenters. The van der Waals surface area contributed by atoms with Gasteiger partial charge in [-0.1, -0.05) is 19.3 Å². The van der Waals surface area contributed by atoms with Crippen LogP contribution >= 0.6 is 12.6 Å². The molecule has 2 fully saturated rings. The molecule has 17 heavy (non-hydrogen) atoms. The average molecular weight is 256 g/mol.